The van der Waals surface area contributed by atoms with Crippen molar-refractivity contribution in [1.82, 2.24) is 0 Å². The Balaban J connectivity index is 1.45. The second kappa shape index (κ2) is 9.49. The lowest BCUT2D eigenvalue weighted by Gasteiger charge is -2.58. The molecule has 0 radical (unpaired) electrons. The molecule has 8 atom stereocenters. The maximum absolute atomic E-state index is 9.14. The molecule has 0 heterocycles. The predicted octanol–water partition coefficient (Wildman–Crippen LogP) is 7.41. The summed E-state index contributed by atoms with van der Waals surface area (Å²) in [4.78, 5) is 0. The van der Waals surface area contributed by atoms with Crippen LogP contribution in [0.3, 0.4) is 0 Å². The fraction of sp³-hybridized carbons (Fsp3) is 0.931. The monoisotopic (exact) mass is 430 g/mol. The van der Waals surface area contributed by atoms with Crippen molar-refractivity contribution in [2.75, 3.05) is 13.2 Å². The number of ether oxygens (including phenoxy) is 1. The fourth-order valence-electron chi connectivity index (χ4n) is 9.01. The largest absolute Gasteiger partial charge is 0.394 e. The number of aliphatic hydroxyl groups is 1. The van der Waals surface area contributed by atoms with Crippen LogP contribution in [-0.2, 0) is 4.74 Å². The first-order valence-corrected chi connectivity index (χ1v) is 13.7. The third-order valence-corrected chi connectivity index (χ3v) is 10.7. The van der Waals surface area contributed by atoms with Gasteiger partial charge in [0.2, 0.25) is 0 Å². The van der Waals surface area contributed by atoms with Gasteiger partial charge in [-0.25, -0.2) is 0 Å². The molecule has 31 heavy (non-hydrogen) atoms. The average molecular weight is 431 g/mol. The van der Waals surface area contributed by atoms with E-state index >= 15 is 0 Å². The molecule has 0 unspecified atom stereocenters. The van der Waals surface area contributed by atoms with E-state index in [1.54, 1.807) is 5.57 Å². The second-order valence-corrected chi connectivity index (χ2v) is 12.7. The van der Waals surface area contributed by atoms with Crippen LogP contribution in [0.1, 0.15) is 105 Å². The summed E-state index contributed by atoms with van der Waals surface area (Å²) in [6, 6.07) is 0. The Morgan fingerprint density at radius 1 is 1.03 bits per heavy atom. The van der Waals surface area contributed by atoms with Crippen molar-refractivity contribution in [3.63, 3.8) is 0 Å². The molecule has 0 spiro atoms. The van der Waals surface area contributed by atoms with Crippen LogP contribution in [-0.4, -0.2) is 24.4 Å². The molecule has 0 amide bonds. The molecular formula is C29H50O2. The molecule has 0 aliphatic heterocycles. The topological polar surface area (TPSA) is 29.5 Å². The number of aliphatic hydroxyl groups excluding tert-OH is 1. The van der Waals surface area contributed by atoms with Crippen LogP contribution >= 0.6 is 0 Å². The number of rotatable bonds is 8. The quantitative estimate of drug-likeness (QED) is 0.406. The van der Waals surface area contributed by atoms with E-state index in [0.29, 0.717) is 23.5 Å². The third kappa shape index (κ3) is 4.42. The van der Waals surface area contributed by atoms with Crippen LogP contribution in [0.25, 0.3) is 0 Å². The van der Waals surface area contributed by atoms with Crippen LogP contribution in [0.2, 0.25) is 0 Å². The van der Waals surface area contributed by atoms with E-state index in [-0.39, 0.29) is 6.61 Å². The Hall–Kier alpha value is -0.340. The molecule has 2 heteroatoms. The van der Waals surface area contributed by atoms with E-state index < -0.39 is 0 Å². The molecule has 3 saturated carbocycles. The van der Waals surface area contributed by atoms with Gasteiger partial charge >= 0.3 is 0 Å². The Kier molecular flexibility index (Phi) is 7.29. The summed E-state index contributed by atoms with van der Waals surface area (Å²) < 4.78 is 5.94. The Labute approximate surface area is 192 Å². The van der Waals surface area contributed by atoms with Crippen LogP contribution < -0.4 is 0 Å². The molecule has 2 nitrogen and oxygen atoms in total. The Morgan fingerprint density at radius 2 is 1.84 bits per heavy atom. The first kappa shape index (κ1) is 23.8. The highest BCUT2D eigenvalue weighted by Gasteiger charge is 2.59. The minimum Gasteiger partial charge on any atom is -0.394 e. The van der Waals surface area contributed by atoms with Crippen molar-refractivity contribution in [1.29, 1.82) is 0 Å². The van der Waals surface area contributed by atoms with Crippen LogP contribution in [0, 0.1) is 46.3 Å². The van der Waals surface area contributed by atoms with Crippen molar-refractivity contribution in [3.05, 3.63) is 11.6 Å². The van der Waals surface area contributed by atoms with Crippen LogP contribution in [0.5, 0.6) is 0 Å². The van der Waals surface area contributed by atoms with Gasteiger partial charge in [-0.1, -0.05) is 65.5 Å². The van der Waals surface area contributed by atoms with Crippen molar-refractivity contribution < 1.29 is 9.84 Å². The lowest BCUT2D eigenvalue weighted by Crippen LogP contribution is -2.51. The highest BCUT2D eigenvalue weighted by Crippen LogP contribution is 2.67. The second-order valence-electron chi connectivity index (χ2n) is 12.7. The first-order chi connectivity index (χ1) is 14.8. The normalized spacial score (nSPS) is 43.2. The molecule has 4 rings (SSSR count). The molecule has 1 N–H and O–H groups in total. The molecular weight excluding hydrogens is 380 g/mol. The minimum absolute atomic E-state index is 0.148. The van der Waals surface area contributed by atoms with Gasteiger partial charge in [0, 0.05) is 0 Å². The molecule has 0 aromatic carbocycles. The molecule has 0 bridgehead atoms. The van der Waals surface area contributed by atoms with Gasteiger partial charge in [0.15, 0.2) is 0 Å². The van der Waals surface area contributed by atoms with Gasteiger partial charge in [0.05, 0.1) is 19.3 Å². The molecule has 0 aromatic rings. The number of fused-ring (bicyclic) bond motifs is 5. The average Bonchev–Trinajstić information content (AvgIpc) is 3.09. The van der Waals surface area contributed by atoms with Gasteiger partial charge in [0.25, 0.3) is 0 Å². The zero-order valence-electron chi connectivity index (χ0n) is 21.2. The van der Waals surface area contributed by atoms with Gasteiger partial charge in [-0.2, -0.15) is 0 Å². The van der Waals surface area contributed by atoms with Crippen molar-refractivity contribution in [3.8, 4) is 0 Å². The van der Waals surface area contributed by atoms with E-state index in [2.05, 4.69) is 40.7 Å². The zero-order valence-corrected chi connectivity index (χ0v) is 21.2. The van der Waals surface area contributed by atoms with Gasteiger partial charge in [-0.05, 0) is 97.7 Å². The Bertz CT molecular complexity index is 639. The summed E-state index contributed by atoms with van der Waals surface area (Å²) >= 11 is 0. The van der Waals surface area contributed by atoms with Crippen molar-refractivity contribution in [2.24, 2.45) is 46.3 Å². The minimum atomic E-state index is 0.148. The fourth-order valence-corrected chi connectivity index (χ4v) is 9.01. The predicted molar refractivity (Wildman–Crippen MR) is 130 cm³/mol. The highest BCUT2D eigenvalue weighted by atomic mass is 16.5. The lowest BCUT2D eigenvalue weighted by atomic mass is 9.47. The van der Waals surface area contributed by atoms with E-state index in [4.69, 9.17) is 9.84 Å². The van der Waals surface area contributed by atoms with Crippen molar-refractivity contribution >= 4 is 0 Å². The molecule has 3 fully saturated rings. The maximum atomic E-state index is 9.14. The highest BCUT2D eigenvalue weighted by molar-refractivity contribution is 5.25. The van der Waals surface area contributed by atoms with Crippen LogP contribution in [0.15, 0.2) is 11.6 Å². The summed E-state index contributed by atoms with van der Waals surface area (Å²) in [5.41, 5.74) is 2.69. The summed E-state index contributed by atoms with van der Waals surface area (Å²) in [6.45, 7) is 13.3. The number of hydrogen-bond acceptors (Lipinski definition) is 2. The van der Waals surface area contributed by atoms with Crippen LogP contribution in [0.4, 0.5) is 0 Å². The lowest BCUT2D eigenvalue weighted by molar-refractivity contribution is -0.0658. The molecule has 178 valence electrons. The van der Waals surface area contributed by atoms with Gasteiger partial charge < -0.3 is 9.84 Å². The Morgan fingerprint density at radius 3 is 2.58 bits per heavy atom. The van der Waals surface area contributed by atoms with E-state index in [9.17, 15) is 0 Å². The van der Waals surface area contributed by atoms with Crippen molar-refractivity contribution in [2.45, 2.75) is 111 Å². The molecule has 4 aliphatic rings. The summed E-state index contributed by atoms with van der Waals surface area (Å²) in [5.74, 6) is 5.44. The summed E-state index contributed by atoms with van der Waals surface area (Å²) in [5, 5.41) is 9.14. The first-order valence-electron chi connectivity index (χ1n) is 13.7. The molecule has 0 saturated heterocycles. The maximum Gasteiger partial charge on any atom is 0.0701 e. The van der Waals surface area contributed by atoms with Gasteiger partial charge in [0.1, 0.15) is 0 Å². The standard InChI is InChI=1S/C29H50O2/c1-20(2)7-6-8-21(3)25-11-12-26-24-10-9-22-19-23(31-18-17-30)13-15-28(22,4)27(24)14-16-29(25,26)5/h9,20-21,23-27,30H,6-8,10-19H2,1-5H3/t21-,23+,24+,25-,26+,27+,28+,29-/m1/s1. The van der Waals surface area contributed by atoms with Gasteiger partial charge in [-0.3, -0.25) is 0 Å². The smallest absolute Gasteiger partial charge is 0.0701 e. The summed E-state index contributed by atoms with van der Waals surface area (Å²) in [6.07, 6.45) is 18.0. The molecule has 0 aromatic heterocycles. The number of allylic oxidation sites excluding steroid dienone is 1. The van der Waals surface area contributed by atoms with E-state index in [0.717, 1.165) is 41.9 Å². The zero-order chi connectivity index (χ0) is 22.2. The number of hydrogen-bond donors (Lipinski definition) is 1. The molecule has 4 aliphatic carbocycles. The van der Waals surface area contributed by atoms with E-state index in [1.165, 1.54) is 64.2 Å². The van der Waals surface area contributed by atoms with Gasteiger partial charge in [-0.15, -0.1) is 0 Å². The summed E-state index contributed by atoms with van der Waals surface area (Å²) in [7, 11) is 0. The third-order valence-electron chi connectivity index (χ3n) is 10.7. The SMILES string of the molecule is CC(C)CCC[C@@H](C)[C@H]1CC[C@H]2[C@@H]3CC=C4C[C@@H](OCCO)CC[C@]4(C)[C@H]3CC[C@]12C. The van der Waals surface area contributed by atoms with E-state index in [1.807, 2.05) is 0 Å².